The van der Waals surface area contributed by atoms with E-state index in [1.165, 1.54) is 37.7 Å². The maximum absolute atomic E-state index is 5.43. The summed E-state index contributed by atoms with van der Waals surface area (Å²) in [5.74, 6) is 1.96. The van der Waals surface area contributed by atoms with Crippen LogP contribution in [0.5, 0.6) is 5.75 Å². The lowest BCUT2D eigenvalue weighted by molar-refractivity contribution is 0.285. The summed E-state index contributed by atoms with van der Waals surface area (Å²) in [5, 5.41) is 3.72. The van der Waals surface area contributed by atoms with Crippen molar-refractivity contribution in [1.82, 2.24) is 5.32 Å². The van der Waals surface area contributed by atoms with Crippen molar-refractivity contribution in [2.45, 2.75) is 50.6 Å². The predicted molar refractivity (Wildman–Crippen MR) is 74.0 cm³/mol. The number of fused-ring (bicyclic) bond motifs is 2. The fourth-order valence-electron chi connectivity index (χ4n) is 3.68. The molecule has 0 aromatic heterocycles. The molecule has 2 nitrogen and oxygen atoms in total. The maximum Gasteiger partial charge on any atom is 0.122 e. The molecule has 18 heavy (non-hydrogen) atoms. The average Bonchev–Trinajstić information content (AvgIpc) is 2.76. The number of para-hydroxylation sites is 1. The van der Waals surface area contributed by atoms with Crippen LogP contribution in [0.25, 0.3) is 0 Å². The summed E-state index contributed by atoms with van der Waals surface area (Å²) < 4.78 is 5.43. The van der Waals surface area contributed by atoms with Gasteiger partial charge in [0.05, 0.1) is 7.11 Å². The monoisotopic (exact) mass is 245 g/mol. The Kier molecular flexibility index (Phi) is 3.55. The van der Waals surface area contributed by atoms with E-state index in [0.29, 0.717) is 0 Å². The van der Waals surface area contributed by atoms with Gasteiger partial charge >= 0.3 is 0 Å². The largest absolute Gasteiger partial charge is 0.496 e. The van der Waals surface area contributed by atoms with Crippen molar-refractivity contribution in [2.24, 2.45) is 5.92 Å². The van der Waals surface area contributed by atoms with Crippen LogP contribution in [0.1, 0.15) is 37.7 Å². The molecule has 1 aromatic carbocycles. The van der Waals surface area contributed by atoms with Crippen molar-refractivity contribution in [3.8, 4) is 5.75 Å². The molecular formula is C16H23NO. The second kappa shape index (κ2) is 5.31. The molecule has 2 atom stereocenters. The smallest absolute Gasteiger partial charge is 0.122 e. The van der Waals surface area contributed by atoms with E-state index in [9.17, 15) is 0 Å². The van der Waals surface area contributed by atoms with Crippen LogP contribution in [-0.4, -0.2) is 19.2 Å². The lowest BCUT2D eigenvalue weighted by atomic mass is 9.87. The topological polar surface area (TPSA) is 21.3 Å². The lowest BCUT2D eigenvalue weighted by Crippen LogP contribution is -2.38. The van der Waals surface area contributed by atoms with E-state index < -0.39 is 0 Å². The van der Waals surface area contributed by atoms with Crippen LogP contribution in [0, 0.1) is 5.92 Å². The maximum atomic E-state index is 5.43. The first-order valence-corrected chi connectivity index (χ1v) is 7.23. The van der Waals surface area contributed by atoms with Crippen molar-refractivity contribution in [3.63, 3.8) is 0 Å². The third kappa shape index (κ3) is 2.54. The molecule has 2 saturated heterocycles. The van der Waals surface area contributed by atoms with Gasteiger partial charge in [-0.2, -0.15) is 0 Å². The molecular weight excluding hydrogens is 222 g/mol. The van der Waals surface area contributed by atoms with E-state index in [4.69, 9.17) is 4.74 Å². The SMILES string of the molecule is COc1ccccc1CCC1CC2CCC(C1)N2. The van der Waals surface area contributed by atoms with Gasteiger partial charge in [-0.1, -0.05) is 18.2 Å². The Morgan fingerprint density at radius 2 is 1.89 bits per heavy atom. The molecule has 2 heteroatoms. The van der Waals surface area contributed by atoms with Crippen LogP contribution < -0.4 is 10.1 Å². The minimum absolute atomic E-state index is 0.811. The van der Waals surface area contributed by atoms with Gasteiger partial charge in [0.25, 0.3) is 0 Å². The van der Waals surface area contributed by atoms with Crippen LogP contribution in [0.4, 0.5) is 0 Å². The van der Waals surface area contributed by atoms with Gasteiger partial charge in [-0.15, -0.1) is 0 Å². The molecule has 0 spiro atoms. The highest BCUT2D eigenvalue weighted by Gasteiger charge is 2.32. The van der Waals surface area contributed by atoms with Gasteiger partial charge in [-0.05, 0) is 56.1 Å². The predicted octanol–water partition coefficient (Wildman–Crippen LogP) is 3.16. The lowest BCUT2D eigenvalue weighted by Gasteiger charge is -2.29. The van der Waals surface area contributed by atoms with Gasteiger partial charge in [0.2, 0.25) is 0 Å². The van der Waals surface area contributed by atoms with E-state index >= 15 is 0 Å². The molecule has 2 aliphatic rings. The summed E-state index contributed by atoms with van der Waals surface area (Å²) >= 11 is 0. The van der Waals surface area contributed by atoms with Gasteiger partial charge in [0.15, 0.2) is 0 Å². The summed E-state index contributed by atoms with van der Waals surface area (Å²) in [6.45, 7) is 0. The fraction of sp³-hybridized carbons (Fsp3) is 0.625. The second-order valence-corrected chi connectivity index (χ2v) is 5.83. The Bertz CT molecular complexity index is 392. The van der Waals surface area contributed by atoms with Gasteiger partial charge < -0.3 is 10.1 Å². The number of rotatable bonds is 4. The Morgan fingerprint density at radius 1 is 1.17 bits per heavy atom. The Hall–Kier alpha value is -1.02. The third-order valence-electron chi connectivity index (χ3n) is 4.59. The van der Waals surface area contributed by atoms with E-state index in [-0.39, 0.29) is 0 Å². The molecule has 2 heterocycles. The quantitative estimate of drug-likeness (QED) is 0.880. The number of hydrogen-bond donors (Lipinski definition) is 1. The number of ether oxygens (including phenoxy) is 1. The molecule has 2 fully saturated rings. The molecule has 1 aromatic rings. The van der Waals surface area contributed by atoms with E-state index in [0.717, 1.165) is 30.2 Å². The first-order chi connectivity index (χ1) is 8.85. The summed E-state index contributed by atoms with van der Waals surface area (Å²) in [6, 6.07) is 10.1. The molecule has 0 amide bonds. The van der Waals surface area contributed by atoms with E-state index in [1.54, 1.807) is 7.11 Å². The van der Waals surface area contributed by atoms with Crippen molar-refractivity contribution >= 4 is 0 Å². The van der Waals surface area contributed by atoms with Crippen molar-refractivity contribution < 1.29 is 4.74 Å². The van der Waals surface area contributed by atoms with E-state index in [1.807, 2.05) is 6.07 Å². The van der Waals surface area contributed by atoms with E-state index in [2.05, 4.69) is 23.5 Å². The van der Waals surface area contributed by atoms with Gasteiger partial charge in [0.1, 0.15) is 5.75 Å². The van der Waals surface area contributed by atoms with Crippen LogP contribution in [0.3, 0.4) is 0 Å². The standard InChI is InChI=1S/C16H23NO/c1-18-16-5-3-2-4-13(16)7-6-12-10-14-8-9-15(11-12)17-14/h2-5,12,14-15,17H,6-11H2,1H3. The molecule has 1 N–H and O–H groups in total. The number of methoxy groups -OCH3 is 1. The zero-order valence-electron chi connectivity index (χ0n) is 11.2. The molecule has 2 bridgehead atoms. The highest BCUT2D eigenvalue weighted by Crippen LogP contribution is 2.34. The minimum Gasteiger partial charge on any atom is -0.496 e. The van der Waals surface area contributed by atoms with Gasteiger partial charge in [-0.25, -0.2) is 0 Å². The van der Waals surface area contributed by atoms with Crippen LogP contribution >= 0.6 is 0 Å². The molecule has 2 unspecified atom stereocenters. The third-order valence-corrected chi connectivity index (χ3v) is 4.59. The molecule has 0 aliphatic carbocycles. The van der Waals surface area contributed by atoms with Gasteiger partial charge in [-0.3, -0.25) is 0 Å². The van der Waals surface area contributed by atoms with Crippen molar-refractivity contribution in [1.29, 1.82) is 0 Å². The summed E-state index contributed by atoms with van der Waals surface area (Å²) in [5.41, 5.74) is 1.37. The first-order valence-electron chi connectivity index (χ1n) is 7.23. The summed E-state index contributed by atoms with van der Waals surface area (Å²) in [7, 11) is 1.77. The second-order valence-electron chi connectivity index (χ2n) is 5.83. The minimum atomic E-state index is 0.811. The molecule has 3 rings (SSSR count). The summed E-state index contributed by atoms with van der Waals surface area (Å²) in [6.07, 6.45) is 8.03. The summed E-state index contributed by atoms with van der Waals surface area (Å²) in [4.78, 5) is 0. The highest BCUT2D eigenvalue weighted by molar-refractivity contribution is 5.33. The zero-order chi connectivity index (χ0) is 12.4. The Morgan fingerprint density at radius 3 is 2.61 bits per heavy atom. The van der Waals surface area contributed by atoms with Crippen molar-refractivity contribution in [3.05, 3.63) is 29.8 Å². The number of aryl methyl sites for hydroxylation is 1. The highest BCUT2D eigenvalue weighted by atomic mass is 16.5. The first kappa shape index (κ1) is 12.0. The Balaban J connectivity index is 1.58. The van der Waals surface area contributed by atoms with Crippen LogP contribution in [0.15, 0.2) is 24.3 Å². The zero-order valence-corrected chi connectivity index (χ0v) is 11.2. The molecule has 98 valence electrons. The van der Waals surface area contributed by atoms with Crippen LogP contribution in [-0.2, 0) is 6.42 Å². The number of piperidine rings is 1. The Labute approximate surface area is 110 Å². The van der Waals surface area contributed by atoms with Crippen molar-refractivity contribution in [2.75, 3.05) is 7.11 Å². The van der Waals surface area contributed by atoms with Gasteiger partial charge in [0, 0.05) is 12.1 Å². The normalized spacial score (nSPS) is 30.4. The van der Waals surface area contributed by atoms with Crippen LogP contribution in [0.2, 0.25) is 0 Å². The fourth-order valence-corrected chi connectivity index (χ4v) is 3.68. The number of benzene rings is 1. The number of nitrogens with one attached hydrogen (secondary N) is 1. The molecule has 2 aliphatic heterocycles. The molecule has 0 saturated carbocycles. The molecule has 0 radical (unpaired) electrons. The average molecular weight is 245 g/mol. The number of hydrogen-bond acceptors (Lipinski definition) is 2.